The number of carbonyl (C=O) groups is 1. The highest BCUT2D eigenvalue weighted by Crippen LogP contribution is 2.36. The second-order valence-electron chi connectivity index (χ2n) is 10.2. The molecule has 0 fully saturated rings. The maximum atomic E-state index is 12.9. The van der Waals surface area contributed by atoms with Gasteiger partial charge >= 0.3 is 11.7 Å². The molecule has 11 nitrogen and oxygen atoms in total. The molecule has 0 unspecified atom stereocenters. The monoisotopic (exact) mass is 563 g/mol. The zero-order valence-corrected chi connectivity index (χ0v) is 23.7. The van der Waals surface area contributed by atoms with Gasteiger partial charge in [-0.1, -0.05) is 6.07 Å². The largest absolute Gasteiger partial charge is 0.502 e. The molecular formula is C30H33N3O8. The summed E-state index contributed by atoms with van der Waals surface area (Å²) in [5.74, 6) is -0.276. The number of imidazole rings is 1. The average Bonchev–Trinajstić information content (AvgIpc) is 3.19. The van der Waals surface area contributed by atoms with Crippen LogP contribution in [-0.4, -0.2) is 53.0 Å². The van der Waals surface area contributed by atoms with Gasteiger partial charge in [-0.15, -0.1) is 0 Å². The topological polar surface area (TPSA) is 125 Å². The molecule has 41 heavy (non-hydrogen) atoms. The van der Waals surface area contributed by atoms with Gasteiger partial charge in [0.2, 0.25) is 11.2 Å². The van der Waals surface area contributed by atoms with Gasteiger partial charge in [-0.05, 0) is 47.4 Å². The zero-order chi connectivity index (χ0) is 29.4. The molecule has 0 amide bonds. The van der Waals surface area contributed by atoms with Crippen molar-refractivity contribution in [3.8, 4) is 17.2 Å². The Kier molecular flexibility index (Phi) is 7.63. The number of aryl methyl sites for hydroxylation is 2. The zero-order valence-electron chi connectivity index (χ0n) is 23.7. The smallest absolute Gasteiger partial charge is 0.328 e. The van der Waals surface area contributed by atoms with E-state index in [1.165, 1.54) is 22.3 Å². The molecule has 11 heteroatoms. The van der Waals surface area contributed by atoms with Crippen molar-refractivity contribution in [2.24, 2.45) is 14.1 Å². The van der Waals surface area contributed by atoms with Crippen molar-refractivity contribution in [1.82, 2.24) is 14.0 Å². The summed E-state index contributed by atoms with van der Waals surface area (Å²) in [5.41, 5.74) is 3.38. The minimum atomic E-state index is -0.825. The second-order valence-corrected chi connectivity index (χ2v) is 10.2. The number of benzene rings is 2. The number of rotatable bonds is 8. The number of esters is 1. The molecule has 0 saturated carbocycles. The van der Waals surface area contributed by atoms with Gasteiger partial charge in [0.1, 0.15) is 5.76 Å². The van der Waals surface area contributed by atoms with Crippen LogP contribution in [0.1, 0.15) is 40.5 Å². The average molecular weight is 564 g/mol. The molecule has 0 aliphatic carbocycles. The van der Waals surface area contributed by atoms with Crippen LogP contribution < -0.4 is 20.6 Å². The highest BCUT2D eigenvalue weighted by molar-refractivity contribution is 5.78. The van der Waals surface area contributed by atoms with Gasteiger partial charge in [0.05, 0.1) is 51.2 Å². The van der Waals surface area contributed by atoms with E-state index in [-0.39, 0.29) is 17.9 Å². The van der Waals surface area contributed by atoms with E-state index in [1.54, 1.807) is 46.5 Å². The van der Waals surface area contributed by atoms with Crippen molar-refractivity contribution in [3.63, 3.8) is 0 Å². The van der Waals surface area contributed by atoms with Crippen LogP contribution in [0.4, 0.5) is 0 Å². The third-order valence-corrected chi connectivity index (χ3v) is 7.79. The van der Waals surface area contributed by atoms with Gasteiger partial charge in [0.25, 0.3) is 0 Å². The van der Waals surface area contributed by atoms with E-state index in [4.69, 9.17) is 18.6 Å². The first-order valence-corrected chi connectivity index (χ1v) is 13.2. The third-order valence-electron chi connectivity index (χ3n) is 7.79. The predicted octanol–water partition coefficient (Wildman–Crippen LogP) is 2.81. The lowest BCUT2D eigenvalue weighted by molar-refractivity contribution is -0.140. The summed E-state index contributed by atoms with van der Waals surface area (Å²) in [6.07, 6.45) is 0.590. The fraction of sp³-hybridized carbons (Fsp3) is 0.367. The molecule has 5 rings (SSSR count). The molecule has 3 heterocycles. The van der Waals surface area contributed by atoms with Gasteiger partial charge in [-0.2, -0.15) is 0 Å². The number of hydrogen-bond donors (Lipinski definition) is 1. The minimum absolute atomic E-state index is 0.0259. The van der Waals surface area contributed by atoms with E-state index in [9.17, 15) is 19.5 Å². The first kappa shape index (κ1) is 28.0. The minimum Gasteiger partial charge on any atom is -0.502 e. The van der Waals surface area contributed by atoms with E-state index in [0.29, 0.717) is 53.5 Å². The van der Waals surface area contributed by atoms with E-state index in [0.717, 1.165) is 17.5 Å². The summed E-state index contributed by atoms with van der Waals surface area (Å²) < 4.78 is 25.0. The Labute approximate surface area is 236 Å². The summed E-state index contributed by atoms with van der Waals surface area (Å²) in [6, 6.07) is 10.5. The Balaban J connectivity index is 1.51. The van der Waals surface area contributed by atoms with E-state index < -0.39 is 23.1 Å². The van der Waals surface area contributed by atoms with Gasteiger partial charge < -0.3 is 23.7 Å². The lowest BCUT2D eigenvalue weighted by atomic mass is 9.91. The third kappa shape index (κ3) is 5.20. The van der Waals surface area contributed by atoms with Gasteiger partial charge in [-0.3, -0.25) is 23.6 Å². The van der Waals surface area contributed by atoms with Crippen LogP contribution in [0, 0.1) is 0 Å². The maximum absolute atomic E-state index is 12.9. The number of aromatic nitrogens is 2. The van der Waals surface area contributed by atoms with Gasteiger partial charge in [0, 0.05) is 33.3 Å². The Morgan fingerprint density at radius 2 is 1.66 bits per heavy atom. The Morgan fingerprint density at radius 3 is 2.34 bits per heavy atom. The molecule has 0 saturated heterocycles. The molecule has 2 aromatic carbocycles. The molecule has 216 valence electrons. The van der Waals surface area contributed by atoms with Crippen molar-refractivity contribution in [2.75, 3.05) is 27.9 Å². The summed E-state index contributed by atoms with van der Waals surface area (Å²) >= 11 is 0. The highest BCUT2D eigenvalue weighted by atomic mass is 16.5. The molecule has 4 aromatic rings. The van der Waals surface area contributed by atoms with Crippen LogP contribution in [0.5, 0.6) is 17.2 Å². The van der Waals surface area contributed by atoms with Crippen molar-refractivity contribution in [3.05, 3.63) is 85.3 Å². The number of hydrogen-bond acceptors (Lipinski definition) is 9. The molecule has 1 aliphatic heterocycles. The number of fused-ring (bicyclic) bond motifs is 2. The van der Waals surface area contributed by atoms with Crippen LogP contribution >= 0.6 is 0 Å². The lowest BCUT2D eigenvalue weighted by Crippen LogP contribution is -2.30. The Hall–Kier alpha value is -4.51. The Morgan fingerprint density at radius 1 is 0.976 bits per heavy atom. The van der Waals surface area contributed by atoms with Gasteiger partial charge in [-0.25, -0.2) is 4.79 Å². The molecule has 2 aromatic heterocycles. The number of carbonyl (C=O) groups excluding carboxylic acids is 1. The molecule has 0 radical (unpaired) electrons. The summed E-state index contributed by atoms with van der Waals surface area (Å²) in [6.45, 7) is 1.63. The van der Waals surface area contributed by atoms with E-state index in [1.807, 2.05) is 12.1 Å². The van der Waals surface area contributed by atoms with Crippen LogP contribution in [0.3, 0.4) is 0 Å². The van der Waals surface area contributed by atoms with E-state index in [2.05, 4.69) is 4.90 Å². The quantitative estimate of drug-likeness (QED) is 0.322. The standard InChI is InChI=1S/C30H33N3O8/c1-31-22-7-6-18(10-23(22)32(2)30(31)37)21(14-27(35)40-5)29-28(36)24(34)13-20(41-29)16-33-9-8-17-11-25(38-3)26(39-4)12-19(17)15-33/h6-7,10-13,21,36H,8-9,14-16H2,1-5H3/t21-/m0/s1. The summed E-state index contributed by atoms with van der Waals surface area (Å²) in [5, 5.41) is 10.8. The van der Waals surface area contributed by atoms with Crippen molar-refractivity contribution in [1.29, 1.82) is 0 Å². The summed E-state index contributed by atoms with van der Waals surface area (Å²) in [7, 11) is 7.81. The molecule has 1 N–H and O–H groups in total. The molecular weight excluding hydrogens is 530 g/mol. The first-order valence-electron chi connectivity index (χ1n) is 13.2. The number of ether oxygens (including phenoxy) is 3. The predicted molar refractivity (Wildman–Crippen MR) is 151 cm³/mol. The van der Waals surface area contributed by atoms with Gasteiger partial charge in [0.15, 0.2) is 17.3 Å². The molecule has 0 bridgehead atoms. The number of methoxy groups -OCH3 is 3. The number of nitrogens with zero attached hydrogens (tertiary/aromatic N) is 3. The van der Waals surface area contributed by atoms with Crippen LogP contribution in [0.25, 0.3) is 11.0 Å². The van der Waals surface area contributed by atoms with Crippen LogP contribution in [-0.2, 0) is 43.1 Å². The van der Waals surface area contributed by atoms with Crippen molar-refractivity contribution >= 4 is 17.0 Å². The fourth-order valence-corrected chi connectivity index (χ4v) is 5.52. The highest BCUT2D eigenvalue weighted by Gasteiger charge is 2.28. The maximum Gasteiger partial charge on any atom is 0.328 e. The molecule has 1 aliphatic rings. The second kappa shape index (κ2) is 11.2. The SMILES string of the molecule is COC(=O)C[C@@H](c1ccc2c(c1)n(C)c(=O)n2C)c1oc(CN2CCc3cc(OC)c(OC)cc3C2)cc(=O)c1O. The normalized spacial score (nSPS) is 14.1. The Bertz CT molecular complexity index is 1750. The first-order chi connectivity index (χ1) is 19.6. The van der Waals surface area contributed by atoms with Crippen LogP contribution in [0.2, 0.25) is 0 Å². The number of aromatic hydroxyl groups is 1. The summed E-state index contributed by atoms with van der Waals surface area (Å²) in [4.78, 5) is 40.0. The lowest BCUT2D eigenvalue weighted by Gasteiger charge is -2.29. The van der Waals surface area contributed by atoms with E-state index >= 15 is 0 Å². The fourth-order valence-electron chi connectivity index (χ4n) is 5.52. The van der Waals surface area contributed by atoms with Crippen LogP contribution in [0.15, 0.2) is 50.4 Å². The van der Waals surface area contributed by atoms with Crippen molar-refractivity contribution < 1.29 is 28.5 Å². The molecule has 1 atom stereocenters. The molecule has 0 spiro atoms. The van der Waals surface area contributed by atoms with Crippen molar-refractivity contribution in [2.45, 2.75) is 31.8 Å².